The predicted molar refractivity (Wildman–Crippen MR) is 82.5 cm³/mol. The van der Waals surface area contributed by atoms with Crippen LogP contribution in [0.1, 0.15) is 11.1 Å². The first kappa shape index (κ1) is 11.7. The van der Waals surface area contributed by atoms with E-state index in [0.717, 1.165) is 27.7 Å². The molecule has 0 radical (unpaired) electrons. The van der Waals surface area contributed by atoms with E-state index in [9.17, 15) is 0 Å². The van der Waals surface area contributed by atoms with Gasteiger partial charge >= 0.3 is 0 Å². The van der Waals surface area contributed by atoms with E-state index in [1.807, 2.05) is 18.2 Å². The monoisotopic (exact) mass is 281 g/mol. The van der Waals surface area contributed by atoms with Gasteiger partial charge in [-0.2, -0.15) is 0 Å². The summed E-state index contributed by atoms with van der Waals surface area (Å²) in [5, 5.41) is 0.706. The lowest BCUT2D eigenvalue weighted by Gasteiger charge is -2.04. The smallest absolute Gasteiger partial charge is 0.157 e. The Morgan fingerprint density at radius 1 is 0.950 bits per heavy atom. The third-order valence-corrected chi connectivity index (χ3v) is 4.03. The molecular formula is C16H12ClN3. The van der Waals surface area contributed by atoms with Gasteiger partial charge in [0.1, 0.15) is 0 Å². The number of imidazole rings is 1. The number of hydrogen-bond acceptors (Lipinski definition) is 2. The van der Waals surface area contributed by atoms with Crippen LogP contribution in [0.5, 0.6) is 0 Å². The van der Waals surface area contributed by atoms with Gasteiger partial charge in [0.25, 0.3) is 0 Å². The molecule has 0 aliphatic rings. The topological polar surface area (TPSA) is 30.2 Å². The van der Waals surface area contributed by atoms with E-state index in [1.54, 1.807) is 6.20 Å². The number of aromatic nitrogens is 3. The molecule has 0 saturated carbocycles. The zero-order valence-electron chi connectivity index (χ0n) is 11.2. The molecule has 0 fully saturated rings. The highest BCUT2D eigenvalue weighted by Crippen LogP contribution is 2.25. The van der Waals surface area contributed by atoms with Gasteiger partial charge < -0.3 is 0 Å². The third-order valence-electron chi connectivity index (χ3n) is 3.79. The number of aryl methyl sites for hydroxylation is 2. The summed E-state index contributed by atoms with van der Waals surface area (Å²) in [7, 11) is 0. The number of hydrogen-bond donors (Lipinski definition) is 0. The minimum absolute atomic E-state index is 0.706. The van der Waals surface area contributed by atoms with Gasteiger partial charge in [0, 0.05) is 5.02 Å². The summed E-state index contributed by atoms with van der Waals surface area (Å²) >= 11 is 6.13. The van der Waals surface area contributed by atoms with Crippen molar-refractivity contribution in [3.05, 3.63) is 52.7 Å². The Bertz CT molecular complexity index is 985. The van der Waals surface area contributed by atoms with Crippen LogP contribution in [0.2, 0.25) is 5.02 Å². The lowest BCUT2D eigenvalue weighted by Crippen LogP contribution is -1.91. The molecule has 0 atom stereocenters. The van der Waals surface area contributed by atoms with E-state index in [-0.39, 0.29) is 0 Å². The molecule has 2 aromatic heterocycles. The molecule has 98 valence electrons. The molecule has 0 N–H and O–H groups in total. The van der Waals surface area contributed by atoms with Gasteiger partial charge in [-0.3, -0.25) is 9.38 Å². The molecule has 0 unspecified atom stereocenters. The Kier molecular flexibility index (Phi) is 2.30. The van der Waals surface area contributed by atoms with Crippen LogP contribution in [0.4, 0.5) is 0 Å². The van der Waals surface area contributed by atoms with Crippen LogP contribution in [0.15, 0.2) is 36.5 Å². The number of nitrogens with zero attached hydrogens (tertiary/aromatic N) is 3. The second kappa shape index (κ2) is 3.93. The van der Waals surface area contributed by atoms with Gasteiger partial charge in [-0.15, -0.1) is 0 Å². The molecule has 0 bridgehead atoms. The fourth-order valence-electron chi connectivity index (χ4n) is 2.60. The first-order chi connectivity index (χ1) is 9.63. The number of rotatable bonds is 0. The zero-order chi connectivity index (χ0) is 13.9. The molecule has 0 amide bonds. The van der Waals surface area contributed by atoms with Crippen LogP contribution >= 0.6 is 11.6 Å². The minimum Gasteiger partial charge on any atom is -0.289 e. The first-order valence-corrected chi connectivity index (χ1v) is 6.85. The van der Waals surface area contributed by atoms with E-state index in [2.05, 4.69) is 40.3 Å². The van der Waals surface area contributed by atoms with Crippen LogP contribution in [0, 0.1) is 13.8 Å². The summed E-state index contributed by atoms with van der Waals surface area (Å²) in [6, 6.07) is 10.0. The maximum absolute atomic E-state index is 6.13. The molecule has 20 heavy (non-hydrogen) atoms. The third kappa shape index (κ3) is 1.53. The van der Waals surface area contributed by atoms with E-state index in [4.69, 9.17) is 11.6 Å². The quantitative estimate of drug-likeness (QED) is 0.481. The Hall–Kier alpha value is -2.13. The van der Waals surface area contributed by atoms with Crippen molar-refractivity contribution >= 4 is 39.3 Å². The number of halogens is 1. The highest BCUT2D eigenvalue weighted by Gasteiger charge is 2.10. The summed E-state index contributed by atoms with van der Waals surface area (Å²) in [5.74, 6) is 0. The van der Waals surface area contributed by atoms with Crippen molar-refractivity contribution in [3.8, 4) is 0 Å². The molecule has 0 aliphatic carbocycles. The van der Waals surface area contributed by atoms with Crippen molar-refractivity contribution in [1.29, 1.82) is 0 Å². The van der Waals surface area contributed by atoms with Crippen molar-refractivity contribution in [2.75, 3.05) is 0 Å². The number of fused-ring (bicyclic) bond motifs is 5. The molecule has 0 aliphatic heterocycles. The van der Waals surface area contributed by atoms with Crippen molar-refractivity contribution < 1.29 is 0 Å². The second-order valence-corrected chi connectivity index (χ2v) is 5.56. The van der Waals surface area contributed by atoms with Gasteiger partial charge in [-0.05, 0) is 55.3 Å². The van der Waals surface area contributed by atoms with E-state index in [1.165, 1.54) is 11.1 Å². The molecule has 3 nitrogen and oxygen atoms in total. The molecule has 4 heteroatoms. The molecule has 2 aromatic carbocycles. The predicted octanol–water partition coefficient (Wildman–Crippen LogP) is 4.31. The molecule has 4 aromatic rings. The normalized spacial score (nSPS) is 11.8. The van der Waals surface area contributed by atoms with Crippen molar-refractivity contribution in [2.24, 2.45) is 0 Å². The fourth-order valence-corrected chi connectivity index (χ4v) is 2.77. The van der Waals surface area contributed by atoms with Crippen LogP contribution in [0.25, 0.3) is 27.7 Å². The standard InChI is InChI=1S/C16H12ClN3/c1-9-5-13-14(6-10(9)2)20-15-7-11(17)3-4-12(15)18-8-16(20)19-13/h3-8H,1-2H3. The molecular weight excluding hydrogens is 270 g/mol. The van der Waals surface area contributed by atoms with Gasteiger partial charge in [-0.25, -0.2) is 4.98 Å². The van der Waals surface area contributed by atoms with Crippen LogP contribution < -0.4 is 0 Å². The molecule has 4 rings (SSSR count). The molecule has 0 spiro atoms. The van der Waals surface area contributed by atoms with Gasteiger partial charge in [-0.1, -0.05) is 11.6 Å². The van der Waals surface area contributed by atoms with E-state index >= 15 is 0 Å². The average molecular weight is 282 g/mol. The van der Waals surface area contributed by atoms with E-state index < -0.39 is 0 Å². The minimum atomic E-state index is 0.706. The van der Waals surface area contributed by atoms with Gasteiger partial charge in [0.15, 0.2) is 5.65 Å². The van der Waals surface area contributed by atoms with E-state index in [0.29, 0.717) is 5.02 Å². The maximum Gasteiger partial charge on any atom is 0.157 e. The first-order valence-electron chi connectivity index (χ1n) is 6.47. The van der Waals surface area contributed by atoms with Crippen LogP contribution in [-0.4, -0.2) is 14.4 Å². The second-order valence-electron chi connectivity index (χ2n) is 5.12. The fraction of sp³-hybridized carbons (Fsp3) is 0.125. The number of benzene rings is 2. The van der Waals surface area contributed by atoms with Gasteiger partial charge in [0.05, 0.1) is 28.3 Å². The van der Waals surface area contributed by atoms with Crippen molar-refractivity contribution in [1.82, 2.24) is 14.4 Å². The Morgan fingerprint density at radius 2 is 1.70 bits per heavy atom. The Labute approximate surface area is 120 Å². The largest absolute Gasteiger partial charge is 0.289 e. The summed E-state index contributed by atoms with van der Waals surface area (Å²) in [5.41, 5.74) is 7.34. The lowest BCUT2D eigenvalue weighted by molar-refractivity contribution is 1.23. The van der Waals surface area contributed by atoms with Gasteiger partial charge in [0.2, 0.25) is 0 Å². The Morgan fingerprint density at radius 3 is 2.55 bits per heavy atom. The highest BCUT2D eigenvalue weighted by molar-refractivity contribution is 6.31. The van der Waals surface area contributed by atoms with Crippen LogP contribution in [0.3, 0.4) is 0 Å². The molecule has 0 saturated heterocycles. The van der Waals surface area contributed by atoms with Crippen LogP contribution in [-0.2, 0) is 0 Å². The average Bonchev–Trinajstić information content (AvgIpc) is 2.77. The summed E-state index contributed by atoms with van der Waals surface area (Å²) in [4.78, 5) is 9.10. The zero-order valence-corrected chi connectivity index (χ0v) is 11.9. The SMILES string of the molecule is Cc1cc2nc3cnc4ccc(Cl)cc4n3c2cc1C. The molecule has 2 heterocycles. The summed E-state index contributed by atoms with van der Waals surface area (Å²) in [6.07, 6.45) is 1.81. The summed E-state index contributed by atoms with van der Waals surface area (Å²) in [6.45, 7) is 4.22. The highest BCUT2D eigenvalue weighted by atomic mass is 35.5. The summed E-state index contributed by atoms with van der Waals surface area (Å²) < 4.78 is 2.12. The van der Waals surface area contributed by atoms with Crippen molar-refractivity contribution in [2.45, 2.75) is 13.8 Å². The van der Waals surface area contributed by atoms with Crippen molar-refractivity contribution in [3.63, 3.8) is 0 Å². The maximum atomic E-state index is 6.13. The Balaban J connectivity index is 2.30. The lowest BCUT2D eigenvalue weighted by atomic mass is 10.1.